The van der Waals surface area contributed by atoms with Crippen LogP contribution >= 0.6 is 0 Å². The molecule has 0 amide bonds. The second kappa shape index (κ2) is 5.32. The second-order valence-electron chi connectivity index (χ2n) is 4.55. The molecule has 4 nitrogen and oxygen atoms in total. The standard InChI is InChI=1S/C12H20O4/c1-4-15-10(13)6-5-7-12(3)9(2)8-11(14)16-12/h9H,4-8H2,1-3H3/t9-,12+/m0/s1. The van der Waals surface area contributed by atoms with E-state index in [1.165, 1.54) is 0 Å². The number of carbonyl (C=O) groups excluding carboxylic acids is 2. The molecule has 2 atom stereocenters. The topological polar surface area (TPSA) is 52.6 Å². The monoisotopic (exact) mass is 228 g/mol. The fourth-order valence-electron chi connectivity index (χ4n) is 1.98. The van der Waals surface area contributed by atoms with Crippen LogP contribution < -0.4 is 0 Å². The summed E-state index contributed by atoms with van der Waals surface area (Å²) < 4.78 is 10.2. The van der Waals surface area contributed by atoms with Crippen molar-refractivity contribution in [1.82, 2.24) is 0 Å². The Kier molecular flexibility index (Phi) is 4.33. The van der Waals surface area contributed by atoms with Crippen molar-refractivity contribution in [2.75, 3.05) is 6.61 Å². The van der Waals surface area contributed by atoms with Crippen LogP contribution in [0.25, 0.3) is 0 Å². The molecule has 0 aromatic heterocycles. The Morgan fingerprint density at radius 2 is 2.31 bits per heavy atom. The van der Waals surface area contributed by atoms with Crippen LogP contribution in [0.1, 0.15) is 46.5 Å². The summed E-state index contributed by atoms with van der Waals surface area (Å²) in [6, 6.07) is 0. The molecule has 0 aromatic rings. The number of rotatable bonds is 5. The smallest absolute Gasteiger partial charge is 0.306 e. The van der Waals surface area contributed by atoms with Gasteiger partial charge in [0.25, 0.3) is 0 Å². The van der Waals surface area contributed by atoms with E-state index in [2.05, 4.69) is 0 Å². The SMILES string of the molecule is CCOC(=O)CCC[C@@]1(C)OC(=O)C[C@@H]1C. The molecule has 1 heterocycles. The maximum atomic E-state index is 11.2. The van der Waals surface area contributed by atoms with Gasteiger partial charge in [0, 0.05) is 12.3 Å². The predicted molar refractivity (Wildman–Crippen MR) is 58.8 cm³/mol. The molecule has 0 N–H and O–H groups in total. The van der Waals surface area contributed by atoms with Crippen LogP contribution in [0.2, 0.25) is 0 Å². The van der Waals surface area contributed by atoms with Crippen LogP contribution in [-0.2, 0) is 19.1 Å². The van der Waals surface area contributed by atoms with Crippen LogP contribution in [-0.4, -0.2) is 24.1 Å². The molecule has 1 fully saturated rings. The Hall–Kier alpha value is -1.06. The normalized spacial score (nSPS) is 28.9. The van der Waals surface area contributed by atoms with Crippen molar-refractivity contribution in [3.8, 4) is 0 Å². The van der Waals surface area contributed by atoms with Crippen molar-refractivity contribution in [2.45, 2.75) is 52.1 Å². The summed E-state index contributed by atoms with van der Waals surface area (Å²) in [6.45, 7) is 6.16. The number of ether oxygens (including phenoxy) is 2. The van der Waals surface area contributed by atoms with Gasteiger partial charge in [-0.25, -0.2) is 0 Å². The van der Waals surface area contributed by atoms with E-state index in [9.17, 15) is 9.59 Å². The number of hydrogen-bond acceptors (Lipinski definition) is 4. The molecule has 0 radical (unpaired) electrons. The lowest BCUT2D eigenvalue weighted by Gasteiger charge is -2.26. The minimum atomic E-state index is -0.399. The first-order valence-corrected chi connectivity index (χ1v) is 5.85. The van der Waals surface area contributed by atoms with Crippen molar-refractivity contribution in [1.29, 1.82) is 0 Å². The zero-order valence-electron chi connectivity index (χ0n) is 10.2. The van der Waals surface area contributed by atoms with Gasteiger partial charge in [0.15, 0.2) is 0 Å². The molecule has 1 saturated heterocycles. The van der Waals surface area contributed by atoms with Crippen LogP contribution in [0.4, 0.5) is 0 Å². The molecular weight excluding hydrogens is 208 g/mol. The second-order valence-corrected chi connectivity index (χ2v) is 4.55. The number of cyclic esters (lactones) is 1. The van der Waals surface area contributed by atoms with Crippen LogP contribution in [0.3, 0.4) is 0 Å². The summed E-state index contributed by atoms with van der Waals surface area (Å²) in [5.41, 5.74) is -0.399. The number of carbonyl (C=O) groups is 2. The lowest BCUT2D eigenvalue weighted by Crippen LogP contribution is -2.30. The summed E-state index contributed by atoms with van der Waals surface area (Å²) in [4.78, 5) is 22.3. The Balaban J connectivity index is 2.32. The largest absolute Gasteiger partial charge is 0.466 e. The third kappa shape index (κ3) is 3.22. The van der Waals surface area contributed by atoms with Gasteiger partial charge >= 0.3 is 11.9 Å². The first-order chi connectivity index (χ1) is 7.48. The molecule has 1 rings (SSSR count). The highest BCUT2D eigenvalue weighted by atomic mass is 16.6. The Bertz CT molecular complexity index is 274. The van der Waals surface area contributed by atoms with Crippen LogP contribution in [0.5, 0.6) is 0 Å². The van der Waals surface area contributed by atoms with E-state index in [1.807, 2.05) is 13.8 Å². The maximum Gasteiger partial charge on any atom is 0.306 e. The summed E-state index contributed by atoms with van der Waals surface area (Å²) >= 11 is 0. The zero-order chi connectivity index (χ0) is 12.2. The first kappa shape index (κ1) is 13.0. The molecule has 0 saturated carbocycles. The van der Waals surface area contributed by atoms with Gasteiger partial charge in [0.1, 0.15) is 5.60 Å². The highest BCUT2D eigenvalue weighted by Crippen LogP contribution is 2.36. The van der Waals surface area contributed by atoms with E-state index < -0.39 is 5.60 Å². The predicted octanol–water partition coefficient (Wildman–Crippen LogP) is 2.06. The molecule has 1 aliphatic heterocycles. The van der Waals surface area contributed by atoms with E-state index >= 15 is 0 Å². The Labute approximate surface area is 96.3 Å². The molecule has 0 aliphatic carbocycles. The fourth-order valence-corrected chi connectivity index (χ4v) is 1.98. The molecular formula is C12H20O4. The van der Waals surface area contributed by atoms with E-state index in [0.717, 1.165) is 6.42 Å². The van der Waals surface area contributed by atoms with Crippen molar-refractivity contribution in [3.63, 3.8) is 0 Å². The van der Waals surface area contributed by atoms with Crippen LogP contribution in [0.15, 0.2) is 0 Å². The van der Waals surface area contributed by atoms with Gasteiger partial charge in [0.05, 0.1) is 13.0 Å². The Morgan fingerprint density at radius 3 is 2.81 bits per heavy atom. The molecule has 0 bridgehead atoms. The molecule has 16 heavy (non-hydrogen) atoms. The quantitative estimate of drug-likeness (QED) is 0.676. The summed E-state index contributed by atoms with van der Waals surface area (Å²) in [5, 5.41) is 0. The number of hydrogen-bond donors (Lipinski definition) is 0. The first-order valence-electron chi connectivity index (χ1n) is 5.85. The molecule has 92 valence electrons. The van der Waals surface area contributed by atoms with E-state index in [4.69, 9.17) is 9.47 Å². The third-order valence-electron chi connectivity index (χ3n) is 3.22. The van der Waals surface area contributed by atoms with E-state index in [-0.39, 0.29) is 17.9 Å². The van der Waals surface area contributed by atoms with Crippen molar-refractivity contribution in [3.05, 3.63) is 0 Å². The van der Waals surface area contributed by atoms with Crippen molar-refractivity contribution < 1.29 is 19.1 Å². The lowest BCUT2D eigenvalue weighted by atomic mass is 9.86. The van der Waals surface area contributed by atoms with Gasteiger partial charge < -0.3 is 9.47 Å². The Morgan fingerprint density at radius 1 is 1.62 bits per heavy atom. The highest BCUT2D eigenvalue weighted by molar-refractivity contribution is 5.72. The van der Waals surface area contributed by atoms with Gasteiger partial charge in [-0.15, -0.1) is 0 Å². The van der Waals surface area contributed by atoms with Gasteiger partial charge in [0.2, 0.25) is 0 Å². The highest BCUT2D eigenvalue weighted by Gasteiger charge is 2.42. The van der Waals surface area contributed by atoms with Gasteiger partial charge in [-0.05, 0) is 26.7 Å². The zero-order valence-corrected chi connectivity index (χ0v) is 10.2. The molecule has 0 unspecified atom stereocenters. The minimum Gasteiger partial charge on any atom is -0.466 e. The number of esters is 2. The molecule has 0 aromatic carbocycles. The summed E-state index contributed by atoms with van der Waals surface area (Å²) in [6.07, 6.45) is 2.30. The average molecular weight is 228 g/mol. The van der Waals surface area contributed by atoms with Crippen molar-refractivity contribution >= 4 is 11.9 Å². The van der Waals surface area contributed by atoms with Gasteiger partial charge in [-0.1, -0.05) is 6.92 Å². The summed E-state index contributed by atoms with van der Waals surface area (Å²) in [5.74, 6) is -0.0867. The summed E-state index contributed by atoms with van der Waals surface area (Å²) in [7, 11) is 0. The molecule has 0 spiro atoms. The lowest BCUT2D eigenvalue weighted by molar-refractivity contribution is -0.148. The fraction of sp³-hybridized carbons (Fsp3) is 0.833. The third-order valence-corrected chi connectivity index (χ3v) is 3.22. The van der Waals surface area contributed by atoms with Crippen LogP contribution in [0, 0.1) is 5.92 Å². The van der Waals surface area contributed by atoms with Gasteiger partial charge in [-0.2, -0.15) is 0 Å². The molecule has 4 heteroatoms. The minimum absolute atomic E-state index is 0.133. The molecule has 1 aliphatic rings. The van der Waals surface area contributed by atoms with Gasteiger partial charge in [-0.3, -0.25) is 9.59 Å². The average Bonchev–Trinajstić information content (AvgIpc) is 2.41. The maximum absolute atomic E-state index is 11.2. The van der Waals surface area contributed by atoms with Crippen molar-refractivity contribution in [2.24, 2.45) is 5.92 Å². The van der Waals surface area contributed by atoms with E-state index in [1.54, 1.807) is 6.92 Å². The van der Waals surface area contributed by atoms with E-state index in [0.29, 0.717) is 25.9 Å².